The normalized spacial score (nSPS) is 11.1. The summed E-state index contributed by atoms with van der Waals surface area (Å²) in [7, 11) is 0. The van der Waals surface area contributed by atoms with Crippen molar-refractivity contribution >= 4 is 29.4 Å². The van der Waals surface area contributed by atoms with E-state index in [0.29, 0.717) is 23.6 Å². The second kappa shape index (κ2) is 11.7. The summed E-state index contributed by atoms with van der Waals surface area (Å²) in [6, 6.07) is 15.6. The number of hydrogen-bond donors (Lipinski definition) is 2. The van der Waals surface area contributed by atoms with Gasteiger partial charge in [-0.25, -0.2) is 14.3 Å². The minimum atomic E-state index is -0.427. The van der Waals surface area contributed by atoms with E-state index in [9.17, 15) is 14.4 Å². The van der Waals surface area contributed by atoms with Gasteiger partial charge >= 0.3 is 12.0 Å². The van der Waals surface area contributed by atoms with Gasteiger partial charge in [-0.2, -0.15) is 5.10 Å². The van der Waals surface area contributed by atoms with E-state index >= 15 is 0 Å². The standard InChI is InChI=1S/C28H35N5O4/c1-7-32(27(36)29-21-15-13-20(14-16-21)26(35)37-8-2)18-25(34)30-24-17-23(28(4,5)6)31-33(24)22-12-10-9-11-19(22)3/h9-17H,7-8,18H2,1-6H3,(H,29,36)(H,30,34). The van der Waals surface area contributed by atoms with Gasteiger partial charge in [0.25, 0.3) is 0 Å². The van der Waals surface area contributed by atoms with Gasteiger partial charge in [0.2, 0.25) is 5.91 Å². The number of esters is 1. The topological polar surface area (TPSA) is 106 Å². The molecule has 3 rings (SSSR count). The van der Waals surface area contributed by atoms with Gasteiger partial charge in [0.1, 0.15) is 12.4 Å². The first-order valence-corrected chi connectivity index (χ1v) is 12.3. The molecule has 0 spiro atoms. The molecule has 1 aromatic heterocycles. The molecule has 9 heteroatoms. The number of likely N-dealkylation sites (N-methyl/N-ethyl adjacent to an activating group) is 1. The van der Waals surface area contributed by atoms with E-state index in [1.54, 1.807) is 42.8 Å². The van der Waals surface area contributed by atoms with Crippen molar-refractivity contribution in [3.8, 4) is 5.69 Å². The van der Waals surface area contributed by atoms with Crippen molar-refractivity contribution < 1.29 is 19.1 Å². The molecule has 0 aliphatic heterocycles. The highest BCUT2D eigenvalue weighted by molar-refractivity contribution is 5.97. The molecule has 1 heterocycles. The summed E-state index contributed by atoms with van der Waals surface area (Å²) >= 11 is 0. The Morgan fingerprint density at radius 3 is 2.27 bits per heavy atom. The number of amides is 3. The van der Waals surface area contributed by atoms with Crippen LogP contribution in [0.5, 0.6) is 0 Å². The summed E-state index contributed by atoms with van der Waals surface area (Å²) < 4.78 is 6.71. The van der Waals surface area contributed by atoms with Crippen molar-refractivity contribution in [3.63, 3.8) is 0 Å². The van der Waals surface area contributed by atoms with Crippen molar-refractivity contribution in [3.05, 3.63) is 71.4 Å². The van der Waals surface area contributed by atoms with Gasteiger partial charge < -0.3 is 20.3 Å². The molecule has 0 bridgehead atoms. The van der Waals surface area contributed by atoms with Crippen LogP contribution in [0.3, 0.4) is 0 Å². The first kappa shape index (κ1) is 27.4. The summed E-state index contributed by atoms with van der Waals surface area (Å²) in [5.41, 5.74) is 3.40. The molecule has 0 atom stereocenters. The number of anilines is 2. The second-order valence-corrected chi connectivity index (χ2v) is 9.65. The first-order valence-electron chi connectivity index (χ1n) is 12.3. The van der Waals surface area contributed by atoms with Gasteiger partial charge in [0.05, 0.1) is 23.6 Å². The molecule has 37 heavy (non-hydrogen) atoms. The van der Waals surface area contributed by atoms with Gasteiger partial charge in [-0.3, -0.25) is 4.79 Å². The Morgan fingerprint density at radius 1 is 1.00 bits per heavy atom. The molecule has 0 saturated carbocycles. The lowest BCUT2D eigenvalue weighted by Crippen LogP contribution is -2.40. The molecule has 9 nitrogen and oxygen atoms in total. The average Bonchev–Trinajstić information content (AvgIpc) is 3.27. The molecule has 2 aromatic carbocycles. The smallest absolute Gasteiger partial charge is 0.338 e. The number of aryl methyl sites for hydroxylation is 1. The van der Waals surface area contributed by atoms with E-state index in [1.165, 1.54) is 4.90 Å². The number of rotatable bonds is 8. The largest absolute Gasteiger partial charge is 0.462 e. The van der Waals surface area contributed by atoms with Crippen LogP contribution in [0.2, 0.25) is 0 Å². The molecule has 0 saturated heterocycles. The third kappa shape index (κ3) is 6.97. The minimum Gasteiger partial charge on any atom is -0.462 e. The highest BCUT2D eigenvalue weighted by Gasteiger charge is 2.23. The van der Waals surface area contributed by atoms with Crippen molar-refractivity contribution in [2.24, 2.45) is 0 Å². The Kier molecular flexibility index (Phi) is 8.70. The molecule has 3 amide bonds. The van der Waals surface area contributed by atoms with Gasteiger partial charge in [0.15, 0.2) is 0 Å². The third-order valence-electron chi connectivity index (χ3n) is 5.74. The zero-order valence-electron chi connectivity index (χ0n) is 22.3. The van der Waals surface area contributed by atoms with Crippen LogP contribution in [0.15, 0.2) is 54.6 Å². The number of carbonyl (C=O) groups is 3. The van der Waals surface area contributed by atoms with E-state index in [1.807, 2.05) is 37.3 Å². The average molecular weight is 506 g/mol. The van der Waals surface area contributed by atoms with Crippen molar-refractivity contribution in [1.82, 2.24) is 14.7 Å². The molecule has 0 aliphatic carbocycles. The second-order valence-electron chi connectivity index (χ2n) is 9.65. The zero-order valence-corrected chi connectivity index (χ0v) is 22.3. The Bertz CT molecular complexity index is 1260. The molecule has 0 fully saturated rings. The van der Waals surface area contributed by atoms with E-state index in [4.69, 9.17) is 9.84 Å². The minimum absolute atomic E-state index is 0.146. The van der Waals surface area contributed by atoms with Gasteiger partial charge in [-0.05, 0) is 56.7 Å². The van der Waals surface area contributed by atoms with Gasteiger partial charge in [0, 0.05) is 23.7 Å². The van der Waals surface area contributed by atoms with Crippen LogP contribution in [0, 0.1) is 6.92 Å². The van der Waals surface area contributed by atoms with Crippen molar-refractivity contribution in [2.75, 3.05) is 30.3 Å². The van der Waals surface area contributed by atoms with Gasteiger partial charge in [-0.1, -0.05) is 39.0 Å². The molecule has 196 valence electrons. The molecule has 0 radical (unpaired) electrons. The van der Waals surface area contributed by atoms with Crippen LogP contribution in [0.1, 0.15) is 56.2 Å². The number of para-hydroxylation sites is 1. The lowest BCUT2D eigenvalue weighted by Gasteiger charge is -2.21. The number of nitrogens with one attached hydrogen (secondary N) is 2. The van der Waals surface area contributed by atoms with E-state index in [0.717, 1.165) is 16.9 Å². The number of ether oxygens (including phenoxy) is 1. The number of nitrogens with zero attached hydrogens (tertiary/aromatic N) is 3. The van der Waals surface area contributed by atoms with Crippen LogP contribution in [-0.4, -0.2) is 52.3 Å². The Labute approximate surface area is 217 Å². The SMILES string of the molecule is CCOC(=O)c1ccc(NC(=O)N(CC)CC(=O)Nc2cc(C(C)(C)C)nn2-c2ccccc2C)cc1. The molecule has 2 N–H and O–H groups in total. The quantitative estimate of drug-likeness (QED) is 0.412. The highest BCUT2D eigenvalue weighted by atomic mass is 16.5. The first-order chi connectivity index (χ1) is 17.5. The number of urea groups is 1. The summed E-state index contributed by atoms with van der Waals surface area (Å²) in [4.78, 5) is 39.1. The van der Waals surface area contributed by atoms with E-state index in [-0.39, 0.29) is 24.5 Å². The number of aromatic nitrogens is 2. The van der Waals surface area contributed by atoms with E-state index in [2.05, 4.69) is 31.4 Å². The summed E-state index contributed by atoms with van der Waals surface area (Å²) in [6.45, 7) is 12.2. The van der Waals surface area contributed by atoms with Crippen molar-refractivity contribution in [1.29, 1.82) is 0 Å². The van der Waals surface area contributed by atoms with Crippen LogP contribution < -0.4 is 10.6 Å². The molecule has 0 aliphatic rings. The third-order valence-corrected chi connectivity index (χ3v) is 5.74. The lowest BCUT2D eigenvalue weighted by molar-refractivity contribution is -0.116. The fourth-order valence-electron chi connectivity index (χ4n) is 3.61. The number of benzene rings is 2. The summed E-state index contributed by atoms with van der Waals surface area (Å²) in [5.74, 6) is -0.230. The summed E-state index contributed by atoms with van der Waals surface area (Å²) in [6.07, 6.45) is 0. The highest BCUT2D eigenvalue weighted by Crippen LogP contribution is 2.27. The monoisotopic (exact) mass is 505 g/mol. The molecular formula is C28H35N5O4. The predicted molar refractivity (Wildman–Crippen MR) is 144 cm³/mol. The van der Waals surface area contributed by atoms with Crippen LogP contribution in [-0.2, 0) is 14.9 Å². The zero-order chi connectivity index (χ0) is 27.2. The molecule has 0 unspecified atom stereocenters. The predicted octanol–water partition coefficient (Wildman–Crippen LogP) is 5.15. The number of hydrogen-bond acceptors (Lipinski definition) is 5. The maximum absolute atomic E-state index is 13.0. The lowest BCUT2D eigenvalue weighted by atomic mass is 9.92. The van der Waals surface area contributed by atoms with Crippen LogP contribution in [0.4, 0.5) is 16.3 Å². The number of carbonyl (C=O) groups excluding carboxylic acids is 3. The van der Waals surface area contributed by atoms with Crippen molar-refractivity contribution in [2.45, 2.75) is 47.0 Å². The Balaban J connectivity index is 1.72. The van der Waals surface area contributed by atoms with Gasteiger partial charge in [-0.15, -0.1) is 0 Å². The fraction of sp³-hybridized carbons (Fsp3) is 0.357. The van der Waals surface area contributed by atoms with Crippen LogP contribution in [0.25, 0.3) is 5.69 Å². The molecule has 3 aromatic rings. The Hall–Kier alpha value is -4.14. The summed E-state index contributed by atoms with van der Waals surface area (Å²) in [5, 5.41) is 10.5. The fourth-order valence-corrected chi connectivity index (χ4v) is 3.61. The maximum atomic E-state index is 13.0. The van der Waals surface area contributed by atoms with E-state index < -0.39 is 12.0 Å². The van der Waals surface area contributed by atoms with Crippen LogP contribution >= 0.6 is 0 Å². The Morgan fingerprint density at radius 2 is 1.68 bits per heavy atom. The maximum Gasteiger partial charge on any atom is 0.338 e. The molecular weight excluding hydrogens is 470 g/mol.